The number of aliphatic hydroxyl groups is 1. The lowest BCUT2D eigenvalue weighted by atomic mass is 10.1. The van der Waals surface area contributed by atoms with Crippen LogP contribution in [0.15, 0.2) is 18.2 Å². The number of carbonyl (C=O) groups is 1. The number of fused-ring (bicyclic) bond motifs is 1. The molecule has 0 saturated carbocycles. The van der Waals surface area contributed by atoms with Gasteiger partial charge in [0.2, 0.25) is 5.79 Å². The maximum Gasteiger partial charge on any atom is 0.346 e. The van der Waals surface area contributed by atoms with Gasteiger partial charge >= 0.3 is 5.97 Å². The molecule has 1 N–H and O–H groups in total. The Kier molecular flexibility index (Phi) is 3.26. The number of aliphatic hydroxyl groups excluding tert-OH is 1. The summed E-state index contributed by atoms with van der Waals surface area (Å²) in [7, 11) is 0. The number of carbonyl (C=O) groups excluding carboxylic acids is 1. The fourth-order valence-electron chi connectivity index (χ4n) is 1.70. The van der Waals surface area contributed by atoms with Crippen molar-refractivity contribution < 1.29 is 19.4 Å². The normalized spacial score (nSPS) is 15.8. The fraction of sp³-hybridized carbons (Fsp3) is 0.357. The van der Waals surface area contributed by atoms with Crippen LogP contribution < -0.4 is 4.74 Å². The van der Waals surface area contributed by atoms with Crippen LogP contribution in [0, 0.1) is 11.8 Å². The number of benzene rings is 1. The molecule has 1 aromatic carbocycles. The van der Waals surface area contributed by atoms with Crippen LogP contribution in [0.1, 0.15) is 36.2 Å². The lowest BCUT2D eigenvalue weighted by Crippen LogP contribution is -2.39. The molecule has 0 aromatic heterocycles. The van der Waals surface area contributed by atoms with Gasteiger partial charge < -0.3 is 14.6 Å². The van der Waals surface area contributed by atoms with E-state index in [-0.39, 0.29) is 6.61 Å². The Hall–Kier alpha value is -1.99. The molecule has 1 aliphatic rings. The van der Waals surface area contributed by atoms with Crippen molar-refractivity contribution in [2.45, 2.75) is 26.1 Å². The summed E-state index contributed by atoms with van der Waals surface area (Å²) >= 11 is 0. The number of rotatable bonds is 1. The van der Waals surface area contributed by atoms with Crippen molar-refractivity contribution in [3.63, 3.8) is 0 Å². The summed E-state index contributed by atoms with van der Waals surface area (Å²) < 4.78 is 10.7. The minimum atomic E-state index is -0.957. The average Bonchev–Trinajstić information content (AvgIpc) is 2.27. The molecular weight excluding hydrogens is 232 g/mol. The standard InChI is InChI=1S/C14H14O4/c1-14(2)17-11-8-5-7-10(6-3-4-9-15)12(11)13(16)18-14/h5,7-8,15H,4,9H2,1-2H3. The number of hydrogen-bond acceptors (Lipinski definition) is 4. The molecule has 4 nitrogen and oxygen atoms in total. The fourth-order valence-corrected chi connectivity index (χ4v) is 1.70. The van der Waals surface area contributed by atoms with E-state index in [2.05, 4.69) is 11.8 Å². The Morgan fingerprint density at radius 1 is 1.33 bits per heavy atom. The lowest BCUT2D eigenvalue weighted by molar-refractivity contribution is -0.127. The second-order valence-electron chi connectivity index (χ2n) is 4.35. The molecule has 18 heavy (non-hydrogen) atoms. The highest BCUT2D eigenvalue weighted by atomic mass is 16.7. The highest BCUT2D eigenvalue weighted by molar-refractivity contribution is 5.96. The largest absolute Gasteiger partial charge is 0.452 e. The van der Waals surface area contributed by atoms with Crippen molar-refractivity contribution in [3.8, 4) is 17.6 Å². The van der Waals surface area contributed by atoms with Crippen LogP contribution in [0.25, 0.3) is 0 Å². The monoisotopic (exact) mass is 246 g/mol. The molecule has 0 amide bonds. The van der Waals surface area contributed by atoms with Gasteiger partial charge in [0.05, 0.1) is 6.61 Å². The minimum Gasteiger partial charge on any atom is -0.452 e. The molecule has 0 radical (unpaired) electrons. The molecule has 0 atom stereocenters. The van der Waals surface area contributed by atoms with Crippen molar-refractivity contribution >= 4 is 5.97 Å². The van der Waals surface area contributed by atoms with Crippen LogP contribution in [0.2, 0.25) is 0 Å². The van der Waals surface area contributed by atoms with E-state index >= 15 is 0 Å². The van der Waals surface area contributed by atoms with Gasteiger partial charge in [-0.05, 0) is 12.1 Å². The molecule has 2 rings (SSSR count). The van der Waals surface area contributed by atoms with E-state index in [0.29, 0.717) is 23.3 Å². The van der Waals surface area contributed by atoms with Crippen molar-refractivity contribution in [1.29, 1.82) is 0 Å². The van der Waals surface area contributed by atoms with Crippen LogP contribution in [0.5, 0.6) is 5.75 Å². The third-order valence-electron chi connectivity index (χ3n) is 2.38. The lowest BCUT2D eigenvalue weighted by Gasteiger charge is -2.31. The average molecular weight is 246 g/mol. The van der Waals surface area contributed by atoms with Crippen molar-refractivity contribution in [3.05, 3.63) is 29.3 Å². The molecule has 0 aliphatic carbocycles. The summed E-state index contributed by atoms with van der Waals surface area (Å²) in [5.41, 5.74) is 0.906. The third-order valence-corrected chi connectivity index (χ3v) is 2.38. The number of cyclic esters (lactones) is 1. The maximum atomic E-state index is 11.9. The summed E-state index contributed by atoms with van der Waals surface area (Å²) in [6.45, 7) is 3.35. The van der Waals surface area contributed by atoms with Gasteiger partial charge in [-0.25, -0.2) is 4.79 Å². The Balaban J connectivity index is 2.43. The van der Waals surface area contributed by atoms with Crippen LogP contribution in [0.3, 0.4) is 0 Å². The van der Waals surface area contributed by atoms with Crippen LogP contribution in [-0.2, 0) is 4.74 Å². The summed E-state index contributed by atoms with van der Waals surface area (Å²) in [5, 5.41) is 8.68. The van der Waals surface area contributed by atoms with E-state index in [1.807, 2.05) is 0 Å². The summed E-state index contributed by atoms with van der Waals surface area (Å²) in [5.74, 6) is 4.71. The van der Waals surface area contributed by atoms with Gasteiger partial charge in [-0.3, -0.25) is 0 Å². The van der Waals surface area contributed by atoms with Gasteiger partial charge in [-0.2, -0.15) is 0 Å². The first-order valence-electron chi connectivity index (χ1n) is 5.68. The SMILES string of the molecule is CC1(C)OC(=O)c2c(C#CCCO)cccc2O1. The minimum absolute atomic E-state index is 0.00397. The predicted octanol–water partition coefficient (Wildman–Crippen LogP) is 1.71. The Morgan fingerprint density at radius 3 is 2.83 bits per heavy atom. The van der Waals surface area contributed by atoms with Crippen molar-refractivity contribution in [1.82, 2.24) is 0 Å². The van der Waals surface area contributed by atoms with E-state index in [4.69, 9.17) is 14.6 Å². The predicted molar refractivity (Wildman–Crippen MR) is 65.1 cm³/mol. The van der Waals surface area contributed by atoms with Gasteiger partial charge in [0.15, 0.2) is 0 Å². The number of esters is 1. The molecule has 1 heterocycles. The molecular formula is C14H14O4. The first-order chi connectivity index (χ1) is 8.53. The second-order valence-corrected chi connectivity index (χ2v) is 4.35. The van der Waals surface area contributed by atoms with Crippen molar-refractivity contribution in [2.75, 3.05) is 6.61 Å². The number of hydrogen-bond donors (Lipinski definition) is 1. The van der Waals surface area contributed by atoms with Crippen LogP contribution in [-0.4, -0.2) is 23.5 Å². The van der Waals surface area contributed by atoms with E-state index < -0.39 is 11.8 Å². The topological polar surface area (TPSA) is 55.8 Å². The van der Waals surface area contributed by atoms with E-state index in [9.17, 15) is 4.79 Å². The molecule has 0 bridgehead atoms. The quantitative estimate of drug-likeness (QED) is 0.605. The van der Waals surface area contributed by atoms with Gasteiger partial charge in [0, 0.05) is 25.8 Å². The summed E-state index contributed by atoms with van der Waals surface area (Å²) in [6.07, 6.45) is 0.366. The van der Waals surface area contributed by atoms with E-state index in [1.54, 1.807) is 32.0 Å². The highest BCUT2D eigenvalue weighted by Gasteiger charge is 2.35. The van der Waals surface area contributed by atoms with Gasteiger partial charge in [0.1, 0.15) is 11.3 Å². The first-order valence-corrected chi connectivity index (χ1v) is 5.68. The van der Waals surface area contributed by atoms with Crippen molar-refractivity contribution in [2.24, 2.45) is 0 Å². The third kappa shape index (κ3) is 2.47. The molecule has 94 valence electrons. The van der Waals surface area contributed by atoms with E-state index in [1.165, 1.54) is 0 Å². The zero-order valence-corrected chi connectivity index (χ0v) is 10.3. The maximum absolute atomic E-state index is 11.9. The van der Waals surface area contributed by atoms with Gasteiger partial charge in [-0.1, -0.05) is 17.9 Å². The molecule has 0 saturated heterocycles. The molecule has 0 fully saturated rings. The van der Waals surface area contributed by atoms with E-state index in [0.717, 1.165) is 0 Å². The molecule has 0 spiro atoms. The van der Waals surface area contributed by atoms with Gasteiger partial charge in [0.25, 0.3) is 0 Å². The highest BCUT2D eigenvalue weighted by Crippen LogP contribution is 2.32. The number of ether oxygens (including phenoxy) is 2. The molecule has 1 aromatic rings. The smallest absolute Gasteiger partial charge is 0.346 e. The Bertz CT molecular complexity index is 534. The van der Waals surface area contributed by atoms with Crippen LogP contribution >= 0.6 is 0 Å². The Morgan fingerprint density at radius 2 is 2.11 bits per heavy atom. The first kappa shape index (κ1) is 12.5. The van der Waals surface area contributed by atoms with Gasteiger partial charge in [-0.15, -0.1) is 0 Å². The molecule has 1 aliphatic heterocycles. The summed E-state index contributed by atoms with van der Waals surface area (Å²) in [4.78, 5) is 11.9. The van der Waals surface area contributed by atoms with Crippen LogP contribution in [0.4, 0.5) is 0 Å². The molecule has 0 unspecified atom stereocenters. The Labute approximate surface area is 106 Å². The molecule has 4 heteroatoms. The second kappa shape index (κ2) is 4.71. The zero-order valence-electron chi connectivity index (χ0n) is 10.3. The summed E-state index contributed by atoms with van der Waals surface area (Å²) in [6, 6.07) is 5.22. The zero-order chi connectivity index (χ0) is 13.2.